The molecule has 34 heavy (non-hydrogen) atoms. The van der Waals surface area contributed by atoms with Crippen LogP contribution in [-0.4, -0.2) is 71.9 Å². The molecule has 0 radical (unpaired) electrons. The minimum Gasteiger partial charge on any atom is -0.477 e. The lowest BCUT2D eigenvalue weighted by Crippen LogP contribution is -2.57. The van der Waals surface area contributed by atoms with Crippen LogP contribution in [-0.2, 0) is 6.54 Å². The third-order valence-corrected chi connectivity index (χ3v) is 7.55. The summed E-state index contributed by atoms with van der Waals surface area (Å²) in [6.45, 7) is 5.34. The molecule has 180 valence electrons. The number of halogens is 1. The molecule has 1 saturated carbocycles. The van der Waals surface area contributed by atoms with Gasteiger partial charge in [-0.3, -0.25) is 9.80 Å². The van der Waals surface area contributed by atoms with Crippen molar-refractivity contribution in [1.29, 1.82) is 0 Å². The summed E-state index contributed by atoms with van der Waals surface area (Å²) < 4.78 is 25.3. The van der Waals surface area contributed by atoms with Gasteiger partial charge in [0.05, 0.1) is 17.7 Å². The summed E-state index contributed by atoms with van der Waals surface area (Å²) in [5, 5.41) is 5.01. The molecule has 0 amide bonds. The normalized spacial score (nSPS) is 23.4. The zero-order chi connectivity index (χ0) is 23.1. The Morgan fingerprint density at radius 1 is 1.12 bits per heavy atom. The molecule has 0 unspecified atom stereocenters. The highest BCUT2D eigenvalue weighted by Gasteiger charge is 2.34. The highest BCUT2D eigenvalue weighted by Crippen LogP contribution is 2.32. The molecular weight excluding hydrogens is 433 g/mol. The van der Waals surface area contributed by atoms with Crippen LogP contribution in [0.3, 0.4) is 0 Å². The summed E-state index contributed by atoms with van der Waals surface area (Å²) >= 11 is 0. The smallest absolute Gasteiger partial charge is 0.213 e. The van der Waals surface area contributed by atoms with Crippen molar-refractivity contribution < 1.29 is 13.7 Å². The number of piperidine rings is 1. The number of piperazine rings is 1. The predicted octanol–water partition coefficient (Wildman–Crippen LogP) is 3.94. The number of rotatable bonds is 7. The standard InChI is InChI=1S/C26H32FN5O2/c1-30(21-8-9-21)15-20-3-2-4-25(28-20)33-17-18-5-7-22-16-32(12-11-31(22)14-18)26-23-13-19(27)6-10-24(23)34-29-26/h2-4,6,10,13,18,21-22H,5,7-9,11-12,14-17H2,1H3/t18-,22+/m1/s1. The maximum absolute atomic E-state index is 13.8. The number of benzene rings is 1. The van der Waals surface area contributed by atoms with Crippen LogP contribution in [0.25, 0.3) is 11.0 Å². The number of nitrogens with zero attached hydrogens (tertiary/aromatic N) is 5. The van der Waals surface area contributed by atoms with E-state index in [4.69, 9.17) is 14.2 Å². The average Bonchev–Trinajstić information content (AvgIpc) is 3.63. The zero-order valence-corrected chi connectivity index (χ0v) is 19.7. The Balaban J connectivity index is 1.03. The van der Waals surface area contributed by atoms with Crippen LogP contribution in [0, 0.1) is 11.7 Å². The van der Waals surface area contributed by atoms with Crippen LogP contribution in [0.4, 0.5) is 10.2 Å². The second-order valence-corrected chi connectivity index (χ2v) is 10.1. The van der Waals surface area contributed by atoms with Crippen LogP contribution < -0.4 is 9.64 Å². The van der Waals surface area contributed by atoms with Crippen molar-refractivity contribution >= 4 is 16.8 Å². The first-order valence-corrected chi connectivity index (χ1v) is 12.5. The first kappa shape index (κ1) is 21.8. The number of fused-ring (bicyclic) bond motifs is 2. The molecule has 0 N–H and O–H groups in total. The summed E-state index contributed by atoms with van der Waals surface area (Å²) in [5.41, 5.74) is 1.71. The second-order valence-electron chi connectivity index (χ2n) is 10.1. The van der Waals surface area contributed by atoms with Gasteiger partial charge in [-0.1, -0.05) is 11.2 Å². The molecule has 0 spiro atoms. The monoisotopic (exact) mass is 465 g/mol. The predicted molar refractivity (Wildman–Crippen MR) is 128 cm³/mol. The molecule has 1 aromatic carbocycles. The van der Waals surface area contributed by atoms with Crippen molar-refractivity contribution in [1.82, 2.24) is 19.9 Å². The van der Waals surface area contributed by atoms with Crippen molar-refractivity contribution in [2.45, 2.75) is 44.3 Å². The third-order valence-electron chi connectivity index (χ3n) is 7.55. The van der Waals surface area contributed by atoms with E-state index < -0.39 is 0 Å². The molecule has 7 nitrogen and oxygen atoms in total. The molecule has 4 heterocycles. The number of anilines is 1. The molecule has 3 fully saturated rings. The van der Waals surface area contributed by atoms with Crippen LogP contribution >= 0.6 is 0 Å². The minimum absolute atomic E-state index is 0.258. The Labute approximate surface area is 199 Å². The van der Waals surface area contributed by atoms with E-state index in [1.807, 2.05) is 12.1 Å². The molecule has 3 aromatic rings. The SMILES string of the molecule is CN(Cc1cccc(OC[C@@H]2CC[C@H]3CN(c4noc5ccc(F)cc45)CCN3C2)n1)C1CC1. The Kier molecular flexibility index (Phi) is 5.87. The first-order chi connectivity index (χ1) is 16.6. The summed E-state index contributed by atoms with van der Waals surface area (Å²) in [6.07, 6.45) is 4.86. The third kappa shape index (κ3) is 4.61. The van der Waals surface area contributed by atoms with Crippen LogP contribution in [0.5, 0.6) is 5.88 Å². The first-order valence-electron chi connectivity index (χ1n) is 12.5. The van der Waals surface area contributed by atoms with Crippen LogP contribution in [0.15, 0.2) is 40.9 Å². The Morgan fingerprint density at radius 3 is 2.91 bits per heavy atom. The summed E-state index contributed by atoms with van der Waals surface area (Å²) in [5.74, 6) is 1.74. The van der Waals surface area contributed by atoms with E-state index in [2.05, 4.69) is 33.0 Å². The molecule has 8 heteroatoms. The van der Waals surface area contributed by atoms with E-state index in [1.54, 1.807) is 6.07 Å². The molecular formula is C26H32FN5O2. The van der Waals surface area contributed by atoms with Gasteiger partial charge in [-0.25, -0.2) is 9.37 Å². The van der Waals surface area contributed by atoms with Gasteiger partial charge in [0.15, 0.2) is 11.4 Å². The van der Waals surface area contributed by atoms with Gasteiger partial charge in [0, 0.05) is 56.8 Å². The van der Waals surface area contributed by atoms with Crippen molar-refractivity contribution in [2.24, 2.45) is 5.92 Å². The lowest BCUT2D eigenvalue weighted by atomic mass is 9.91. The lowest BCUT2D eigenvalue weighted by molar-refractivity contribution is 0.0716. The molecule has 3 aliphatic rings. The minimum atomic E-state index is -0.258. The summed E-state index contributed by atoms with van der Waals surface area (Å²) in [7, 11) is 2.18. The van der Waals surface area contributed by atoms with Gasteiger partial charge in [-0.15, -0.1) is 0 Å². The molecule has 6 rings (SSSR count). The van der Waals surface area contributed by atoms with Gasteiger partial charge >= 0.3 is 0 Å². The number of hydrogen-bond acceptors (Lipinski definition) is 7. The molecule has 2 aliphatic heterocycles. The van der Waals surface area contributed by atoms with E-state index in [0.29, 0.717) is 24.1 Å². The number of pyridine rings is 1. The number of aromatic nitrogens is 2. The Hall–Kier alpha value is -2.71. The highest BCUT2D eigenvalue weighted by molar-refractivity contribution is 5.88. The highest BCUT2D eigenvalue weighted by atomic mass is 19.1. The summed E-state index contributed by atoms with van der Waals surface area (Å²) in [6, 6.07) is 11.9. The lowest BCUT2D eigenvalue weighted by Gasteiger charge is -2.46. The van der Waals surface area contributed by atoms with Crippen molar-refractivity contribution in [3.63, 3.8) is 0 Å². The molecule has 2 saturated heterocycles. The second kappa shape index (κ2) is 9.15. The largest absolute Gasteiger partial charge is 0.477 e. The summed E-state index contributed by atoms with van der Waals surface area (Å²) in [4.78, 5) is 11.9. The zero-order valence-electron chi connectivity index (χ0n) is 19.7. The van der Waals surface area contributed by atoms with E-state index in [-0.39, 0.29) is 5.82 Å². The fourth-order valence-electron chi connectivity index (χ4n) is 5.44. The van der Waals surface area contributed by atoms with Crippen molar-refractivity contribution in [3.8, 4) is 5.88 Å². The average molecular weight is 466 g/mol. The van der Waals surface area contributed by atoms with Gasteiger partial charge in [0.1, 0.15) is 5.82 Å². The fraction of sp³-hybridized carbons (Fsp3) is 0.538. The molecule has 0 bridgehead atoms. The maximum atomic E-state index is 13.8. The number of ether oxygens (including phenoxy) is 1. The maximum Gasteiger partial charge on any atom is 0.213 e. The van der Waals surface area contributed by atoms with E-state index in [1.165, 1.54) is 25.0 Å². The molecule has 2 atom stereocenters. The van der Waals surface area contributed by atoms with E-state index in [0.717, 1.165) is 74.4 Å². The Morgan fingerprint density at radius 2 is 2.03 bits per heavy atom. The van der Waals surface area contributed by atoms with Crippen LogP contribution in [0.2, 0.25) is 0 Å². The molecule has 1 aliphatic carbocycles. The van der Waals surface area contributed by atoms with Gasteiger partial charge in [0.25, 0.3) is 0 Å². The van der Waals surface area contributed by atoms with Crippen molar-refractivity contribution in [3.05, 3.63) is 47.9 Å². The Bertz CT molecular complexity index is 1150. The number of hydrogen-bond donors (Lipinski definition) is 0. The fourth-order valence-corrected chi connectivity index (χ4v) is 5.44. The van der Waals surface area contributed by atoms with Gasteiger partial charge < -0.3 is 14.2 Å². The van der Waals surface area contributed by atoms with Crippen LogP contribution in [0.1, 0.15) is 31.4 Å². The van der Waals surface area contributed by atoms with E-state index >= 15 is 0 Å². The molecule has 2 aromatic heterocycles. The van der Waals surface area contributed by atoms with E-state index in [9.17, 15) is 4.39 Å². The van der Waals surface area contributed by atoms with Gasteiger partial charge in [-0.05, 0) is 57.0 Å². The van der Waals surface area contributed by atoms with Gasteiger partial charge in [-0.2, -0.15) is 0 Å². The van der Waals surface area contributed by atoms with Crippen molar-refractivity contribution in [2.75, 3.05) is 44.7 Å². The quantitative estimate of drug-likeness (QED) is 0.524. The van der Waals surface area contributed by atoms with Gasteiger partial charge in [0.2, 0.25) is 5.88 Å². The topological polar surface area (TPSA) is 57.9 Å².